The van der Waals surface area contributed by atoms with Crippen molar-refractivity contribution in [3.8, 4) is 0 Å². The lowest BCUT2D eigenvalue weighted by Gasteiger charge is -2.42. The molecule has 1 saturated heterocycles. The maximum atomic E-state index is 9.57. The van der Waals surface area contributed by atoms with Crippen LogP contribution in [0.3, 0.4) is 0 Å². The average molecular weight is 242 g/mol. The second-order valence-electron chi connectivity index (χ2n) is 5.93. The van der Waals surface area contributed by atoms with Gasteiger partial charge < -0.3 is 5.11 Å². The predicted octanol–water partition coefficient (Wildman–Crippen LogP) is 1.81. The van der Waals surface area contributed by atoms with Crippen LogP contribution in [0.1, 0.15) is 40.5 Å². The molecular formula is C14H30N2O. The van der Waals surface area contributed by atoms with E-state index in [2.05, 4.69) is 37.5 Å². The Morgan fingerprint density at radius 3 is 2.47 bits per heavy atom. The lowest BCUT2D eigenvalue weighted by Crippen LogP contribution is -2.54. The summed E-state index contributed by atoms with van der Waals surface area (Å²) in [6.07, 6.45) is 2.27. The smallest absolute Gasteiger partial charge is 0.0497 e. The van der Waals surface area contributed by atoms with E-state index < -0.39 is 0 Å². The van der Waals surface area contributed by atoms with Crippen molar-refractivity contribution in [3.63, 3.8) is 0 Å². The zero-order valence-corrected chi connectivity index (χ0v) is 12.1. The molecule has 1 rings (SSSR count). The Kier molecular flexibility index (Phi) is 5.90. The van der Waals surface area contributed by atoms with Crippen LogP contribution >= 0.6 is 0 Å². The van der Waals surface area contributed by atoms with E-state index in [4.69, 9.17) is 0 Å². The minimum absolute atomic E-state index is 0.0862. The van der Waals surface area contributed by atoms with Crippen molar-refractivity contribution in [1.29, 1.82) is 0 Å². The fourth-order valence-corrected chi connectivity index (χ4v) is 3.04. The van der Waals surface area contributed by atoms with Gasteiger partial charge in [-0.05, 0) is 19.9 Å². The molecule has 3 nitrogen and oxygen atoms in total. The Hall–Kier alpha value is -0.120. The standard InChI is InChI=1S/C14H30N2O/c1-5-7-14(4,12-17)11-15-8-9-16(6-2)13(3)10-15/h13,17H,5-12H2,1-4H3. The van der Waals surface area contributed by atoms with Gasteiger partial charge in [0.1, 0.15) is 0 Å². The lowest BCUT2D eigenvalue weighted by molar-refractivity contribution is 0.0315. The number of piperazine rings is 1. The van der Waals surface area contributed by atoms with Crippen molar-refractivity contribution < 1.29 is 5.11 Å². The highest BCUT2D eigenvalue weighted by Gasteiger charge is 2.29. The molecule has 2 atom stereocenters. The molecule has 0 aromatic carbocycles. The molecule has 17 heavy (non-hydrogen) atoms. The van der Waals surface area contributed by atoms with Gasteiger partial charge in [-0.3, -0.25) is 9.80 Å². The van der Waals surface area contributed by atoms with Gasteiger partial charge in [-0.25, -0.2) is 0 Å². The first-order chi connectivity index (χ1) is 8.04. The van der Waals surface area contributed by atoms with Gasteiger partial charge >= 0.3 is 0 Å². The Balaban J connectivity index is 2.47. The normalized spacial score (nSPS) is 27.0. The summed E-state index contributed by atoms with van der Waals surface area (Å²) >= 11 is 0. The molecule has 1 fully saturated rings. The summed E-state index contributed by atoms with van der Waals surface area (Å²) in [6.45, 7) is 14.9. The molecule has 1 heterocycles. The highest BCUT2D eigenvalue weighted by Crippen LogP contribution is 2.25. The first-order valence-electron chi connectivity index (χ1n) is 7.12. The average Bonchev–Trinajstić information content (AvgIpc) is 2.29. The zero-order valence-electron chi connectivity index (χ0n) is 12.1. The monoisotopic (exact) mass is 242 g/mol. The van der Waals surface area contributed by atoms with Crippen molar-refractivity contribution in [2.75, 3.05) is 39.3 Å². The molecule has 1 N–H and O–H groups in total. The molecule has 2 unspecified atom stereocenters. The number of likely N-dealkylation sites (N-methyl/N-ethyl adjacent to an activating group) is 1. The number of nitrogens with zero attached hydrogens (tertiary/aromatic N) is 2. The molecule has 0 aliphatic carbocycles. The van der Waals surface area contributed by atoms with Crippen LogP contribution in [0.5, 0.6) is 0 Å². The van der Waals surface area contributed by atoms with Crippen molar-refractivity contribution in [2.24, 2.45) is 5.41 Å². The summed E-state index contributed by atoms with van der Waals surface area (Å²) in [6, 6.07) is 0.651. The van der Waals surface area contributed by atoms with Gasteiger partial charge in [0, 0.05) is 44.2 Å². The summed E-state index contributed by atoms with van der Waals surface area (Å²) in [5, 5.41) is 9.57. The maximum Gasteiger partial charge on any atom is 0.0497 e. The Bertz CT molecular complexity index is 222. The number of hydrogen-bond acceptors (Lipinski definition) is 3. The second kappa shape index (κ2) is 6.72. The van der Waals surface area contributed by atoms with Crippen molar-refractivity contribution in [2.45, 2.75) is 46.6 Å². The SMILES string of the molecule is CCCC(C)(CO)CN1CCN(CC)C(C)C1. The molecule has 1 aliphatic heterocycles. The maximum absolute atomic E-state index is 9.57. The third kappa shape index (κ3) is 4.23. The van der Waals surface area contributed by atoms with Gasteiger partial charge in [0.05, 0.1) is 0 Å². The van der Waals surface area contributed by atoms with Gasteiger partial charge in [-0.2, -0.15) is 0 Å². The molecule has 0 spiro atoms. The molecule has 0 aromatic rings. The zero-order chi connectivity index (χ0) is 12.9. The third-order valence-electron chi connectivity index (χ3n) is 4.10. The first kappa shape index (κ1) is 14.9. The Morgan fingerprint density at radius 1 is 1.29 bits per heavy atom. The van der Waals surface area contributed by atoms with Gasteiger partial charge in [0.25, 0.3) is 0 Å². The fraction of sp³-hybridized carbons (Fsp3) is 1.00. The molecule has 0 bridgehead atoms. The van der Waals surface area contributed by atoms with Crippen LogP contribution in [-0.4, -0.2) is 60.3 Å². The van der Waals surface area contributed by atoms with Crippen LogP contribution in [0.2, 0.25) is 0 Å². The molecule has 1 aliphatic rings. The quantitative estimate of drug-likeness (QED) is 0.769. The van der Waals surface area contributed by atoms with E-state index >= 15 is 0 Å². The minimum atomic E-state index is 0.0862. The van der Waals surface area contributed by atoms with E-state index in [-0.39, 0.29) is 5.41 Å². The molecular weight excluding hydrogens is 212 g/mol. The lowest BCUT2D eigenvalue weighted by atomic mass is 9.85. The molecule has 102 valence electrons. The second-order valence-corrected chi connectivity index (χ2v) is 5.93. The van der Waals surface area contributed by atoms with Crippen LogP contribution in [-0.2, 0) is 0 Å². The van der Waals surface area contributed by atoms with Crippen LogP contribution in [0.25, 0.3) is 0 Å². The van der Waals surface area contributed by atoms with Crippen LogP contribution in [0.4, 0.5) is 0 Å². The molecule has 0 saturated carbocycles. The van der Waals surface area contributed by atoms with E-state index in [1.54, 1.807) is 0 Å². The highest BCUT2D eigenvalue weighted by atomic mass is 16.3. The Morgan fingerprint density at radius 2 is 2.00 bits per heavy atom. The van der Waals surface area contributed by atoms with Crippen LogP contribution in [0, 0.1) is 5.41 Å². The van der Waals surface area contributed by atoms with Crippen LogP contribution in [0.15, 0.2) is 0 Å². The number of aliphatic hydroxyl groups excluding tert-OH is 1. The Labute approximate surface area is 107 Å². The summed E-state index contributed by atoms with van der Waals surface area (Å²) in [5.74, 6) is 0. The fourth-order valence-electron chi connectivity index (χ4n) is 3.04. The topological polar surface area (TPSA) is 26.7 Å². The van der Waals surface area contributed by atoms with E-state index in [0.29, 0.717) is 12.6 Å². The van der Waals surface area contributed by atoms with Gasteiger partial charge in [-0.1, -0.05) is 27.2 Å². The summed E-state index contributed by atoms with van der Waals surface area (Å²) in [4.78, 5) is 5.06. The molecule has 3 heteroatoms. The molecule has 0 aromatic heterocycles. The van der Waals surface area contributed by atoms with Crippen molar-refractivity contribution in [3.05, 3.63) is 0 Å². The summed E-state index contributed by atoms with van der Waals surface area (Å²) in [7, 11) is 0. The van der Waals surface area contributed by atoms with E-state index in [1.165, 1.54) is 6.54 Å². The molecule has 0 amide bonds. The van der Waals surface area contributed by atoms with E-state index in [9.17, 15) is 5.11 Å². The number of aliphatic hydroxyl groups is 1. The van der Waals surface area contributed by atoms with Crippen LogP contribution < -0.4 is 0 Å². The number of hydrogen-bond donors (Lipinski definition) is 1. The first-order valence-corrected chi connectivity index (χ1v) is 7.12. The van der Waals surface area contributed by atoms with Crippen molar-refractivity contribution in [1.82, 2.24) is 9.80 Å². The predicted molar refractivity (Wildman–Crippen MR) is 73.2 cm³/mol. The van der Waals surface area contributed by atoms with Gasteiger partial charge in [0.2, 0.25) is 0 Å². The highest BCUT2D eigenvalue weighted by molar-refractivity contribution is 4.84. The summed E-state index contributed by atoms with van der Waals surface area (Å²) in [5.41, 5.74) is 0.0862. The third-order valence-corrected chi connectivity index (χ3v) is 4.10. The van der Waals surface area contributed by atoms with Gasteiger partial charge in [0.15, 0.2) is 0 Å². The van der Waals surface area contributed by atoms with E-state index in [1.807, 2.05) is 0 Å². The number of rotatable bonds is 6. The van der Waals surface area contributed by atoms with Gasteiger partial charge in [-0.15, -0.1) is 0 Å². The summed E-state index contributed by atoms with van der Waals surface area (Å²) < 4.78 is 0. The molecule has 0 radical (unpaired) electrons. The largest absolute Gasteiger partial charge is 0.396 e. The van der Waals surface area contributed by atoms with Crippen molar-refractivity contribution >= 4 is 0 Å². The van der Waals surface area contributed by atoms with E-state index in [0.717, 1.165) is 39.0 Å². The minimum Gasteiger partial charge on any atom is -0.396 e.